The third-order valence-electron chi connectivity index (χ3n) is 8.53. The van der Waals surface area contributed by atoms with Crippen LogP contribution in [-0.2, 0) is 17.6 Å². The van der Waals surface area contributed by atoms with Crippen LogP contribution in [0.2, 0.25) is 0 Å². The molecule has 2 aliphatic carbocycles. The van der Waals surface area contributed by atoms with Crippen molar-refractivity contribution in [2.45, 2.75) is 88.6 Å². The molecule has 9 nitrogen and oxygen atoms in total. The van der Waals surface area contributed by atoms with Crippen molar-refractivity contribution in [1.29, 1.82) is 0 Å². The SMILES string of the molecule is COc1cc(CC2C(O)CCC(C(CCc3ccc(O)c(OC4CCCCC4)c3)OCO)C2O)cc(OC)c1O. The summed E-state index contributed by atoms with van der Waals surface area (Å²) < 4.78 is 22.4. The lowest BCUT2D eigenvalue weighted by atomic mass is 9.71. The molecule has 5 atom stereocenters. The van der Waals surface area contributed by atoms with Crippen LogP contribution in [-0.4, -0.2) is 71.0 Å². The lowest BCUT2D eigenvalue weighted by Gasteiger charge is -2.41. The van der Waals surface area contributed by atoms with Crippen LogP contribution < -0.4 is 14.2 Å². The van der Waals surface area contributed by atoms with Gasteiger partial charge in [0.1, 0.15) is 6.79 Å². The van der Waals surface area contributed by atoms with Gasteiger partial charge in [-0.2, -0.15) is 0 Å². The van der Waals surface area contributed by atoms with Gasteiger partial charge < -0.3 is 44.5 Å². The molecule has 2 aliphatic rings. The summed E-state index contributed by atoms with van der Waals surface area (Å²) in [5.74, 6) is 0.252. The molecule has 5 N–H and O–H groups in total. The summed E-state index contributed by atoms with van der Waals surface area (Å²) in [5.41, 5.74) is 1.73. The Kier molecular flexibility index (Phi) is 10.8. The average molecular weight is 561 g/mol. The third kappa shape index (κ3) is 7.32. The van der Waals surface area contributed by atoms with Gasteiger partial charge in [-0.05, 0) is 93.2 Å². The van der Waals surface area contributed by atoms with E-state index in [9.17, 15) is 25.5 Å². The minimum absolute atomic E-state index is 0.102. The summed E-state index contributed by atoms with van der Waals surface area (Å²) in [5, 5.41) is 52.5. The molecule has 0 amide bonds. The minimum atomic E-state index is -0.879. The van der Waals surface area contributed by atoms with E-state index < -0.39 is 31.0 Å². The van der Waals surface area contributed by atoms with Crippen molar-refractivity contribution in [3.05, 3.63) is 41.5 Å². The molecule has 2 aromatic carbocycles. The number of benzene rings is 2. The van der Waals surface area contributed by atoms with Crippen LogP contribution in [0.3, 0.4) is 0 Å². The molecule has 0 heterocycles. The molecule has 5 unspecified atom stereocenters. The van der Waals surface area contributed by atoms with E-state index in [-0.39, 0.29) is 35.0 Å². The summed E-state index contributed by atoms with van der Waals surface area (Å²) in [6, 6.07) is 8.74. The topological polar surface area (TPSA) is 138 Å². The lowest BCUT2D eigenvalue weighted by molar-refractivity contribution is -0.136. The number of ether oxygens (including phenoxy) is 4. The molecule has 2 fully saturated rings. The standard InChI is InChI=1S/C31H44O9/c1-37-28-16-20(17-29(38-2)31(28)36)14-23-24(33)12-10-22(30(23)35)26(39-18-32)13-9-19-8-11-25(34)27(15-19)40-21-6-4-3-5-7-21/h8,11,15-17,21-24,26,30,32-36H,3-7,9-10,12-14,18H2,1-2H3. The molecule has 2 saturated carbocycles. The number of rotatable bonds is 12. The van der Waals surface area contributed by atoms with Crippen LogP contribution in [0.4, 0.5) is 0 Å². The Balaban J connectivity index is 1.45. The van der Waals surface area contributed by atoms with E-state index in [2.05, 4.69) is 0 Å². The first-order valence-corrected chi connectivity index (χ1v) is 14.4. The van der Waals surface area contributed by atoms with Crippen LogP contribution in [0.1, 0.15) is 62.5 Å². The molecule has 0 radical (unpaired) electrons. The minimum Gasteiger partial charge on any atom is -0.504 e. The van der Waals surface area contributed by atoms with Crippen LogP contribution >= 0.6 is 0 Å². The van der Waals surface area contributed by atoms with Crippen molar-refractivity contribution in [2.75, 3.05) is 21.0 Å². The molecular formula is C31H44O9. The highest BCUT2D eigenvalue weighted by atomic mass is 16.6. The molecule has 4 rings (SSSR count). The largest absolute Gasteiger partial charge is 0.504 e. The second kappa shape index (κ2) is 14.3. The molecule has 2 aromatic rings. The van der Waals surface area contributed by atoms with Gasteiger partial charge in [0.2, 0.25) is 5.75 Å². The normalized spacial score (nSPS) is 24.4. The van der Waals surface area contributed by atoms with Crippen molar-refractivity contribution in [1.82, 2.24) is 0 Å². The van der Waals surface area contributed by atoms with E-state index in [0.29, 0.717) is 37.9 Å². The highest BCUT2D eigenvalue weighted by molar-refractivity contribution is 5.53. The molecule has 0 spiro atoms. The second-order valence-corrected chi connectivity index (χ2v) is 11.1. The van der Waals surface area contributed by atoms with Gasteiger partial charge in [0.05, 0.1) is 38.6 Å². The number of aliphatic hydroxyl groups excluding tert-OH is 3. The number of phenols is 2. The second-order valence-electron chi connectivity index (χ2n) is 11.1. The highest BCUT2D eigenvalue weighted by Crippen LogP contribution is 2.41. The van der Waals surface area contributed by atoms with E-state index in [1.165, 1.54) is 20.6 Å². The molecule has 0 saturated heterocycles. The Bertz CT molecular complexity index is 1060. The maximum atomic E-state index is 11.4. The Morgan fingerprint density at radius 1 is 0.850 bits per heavy atom. The van der Waals surface area contributed by atoms with E-state index in [0.717, 1.165) is 36.8 Å². The maximum Gasteiger partial charge on any atom is 0.200 e. The summed E-state index contributed by atoms with van der Waals surface area (Å²) in [6.07, 6.45) is 6.10. The number of hydrogen-bond acceptors (Lipinski definition) is 9. The number of phenolic OH excluding ortho intramolecular Hbond substituents is 2. The third-order valence-corrected chi connectivity index (χ3v) is 8.53. The molecule has 0 aliphatic heterocycles. The fourth-order valence-corrected chi connectivity index (χ4v) is 6.29. The molecule has 222 valence electrons. The first-order chi connectivity index (χ1) is 19.3. The zero-order valence-corrected chi connectivity index (χ0v) is 23.5. The van der Waals surface area contributed by atoms with Crippen molar-refractivity contribution in [3.63, 3.8) is 0 Å². The first-order valence-electron chi connectivity index (χ1n) is 14.4. The van der Waals surface area contributed by atoms with Gasteiger partial charge >= 0.3 is 0 Å². The highest BCUT2D eigenvalue weighted by Gasteiger charge is 2.41. The average Bonchev–Trinajstić information content (AvgIpc) is 2.96. The Morgan fingerprint density at radius 3 is 2.17 bits per heavy atom. The fourth-order valence-electron chi connectivity index (χ4n) is 6.29. The summed E-state index contributed by atoms with van der Waals surface area (Å²) >= 11 is 0. The van der Waals surface area contributed by atoms with Gasteiger partial charge in [-0.3, -0.25) is 0 Å². The number of aryl methyl sites for hydroxylation is 1. The summed E-state index contributed by atoms with van der Waals surface area (Å²) in [6.45, 7) is -0.473. The van der Waals surface area contributed by atoms with Gasteiger partial charge in [0.15, 0.2) is 23.0 Å². The van der Waals surface area contributed by atoms with E-state index in [4.69, 9.17) is 18.9 Å². The smallest absolute Gasteiger partial charge is 0.200 e. The van der Waals surface area contributed by atoms with Crippen molar-refractivity contribution < 1.29 is 44.5 Å². The van der Waals surface area contributed by atoms with Gasteiger partial charge in [-0.1, -0.05) is 12.5 Å². The van der Waals surface area contributed by atoms with Gasteiger partial charge in [0, 0.05) is 11.8 Å². The summed E-state index contributed by atoms with van der Waals surface area (Å²) in [4.78, 5) is 0. The Labute approximate surface area is 236 Å². The molecule has 40 heavy (non-hydrogen) atoms. The molecule has 0 bridgehead atoms. The Morgan fingerprint density at radius 2 is 1.52 bits per heavy atom. The van der Waals surface area contributed by atoms with E-state index >= 15 is 0 Å². The van der Waals surface area contributed by atoms with Crippen LogP contribution in [0.25, 0.3) is 0 Å². The predicted molar refractivity (Wildman–Crippen MR) is 149 cm³/mol. The fraction of sp³-hybridized carbons (Fsp3) is 0.613. The van der Waals surface area contributed by atoms with Gasteiger partial charge in [-0.25, -0.2) is 0 Å². The Hall–Kier alpha value is -2.72. The number of aliphatic hydroxyl groups is 3. The zero-order chi connectivity index (χ0) is 28.6. The maximum absolute atomic E-state index is 11.4. The van der Waals surface area contributed by atoms with Gasteiger partial charge in [0.25, 0.3) is 0 Å². The first kappa shape index (κ1) is 30.2. The number of aromatic hydroxyl groups is 2. The summed E-state index contributed by atoms with van der Waals surface area (Å²) in [7, 11) is 2.91. The van der Waals surface area contributed by atoms with Crippen molar-refractivity contribution in [2.24, 2.45) is 11.8 Å². The van der Waals surface area contributed by atoms with Crippen molar-refractivity contribution >= 4 is 0 Å². The predicted octanol–water partition coefficient (Wildman–Crippen LogP) is 4.08. The van der Waals surface area contributed by atoms with Crippen LogP contribution in [0.5, 0.6) is 28.7 Å². The monoisotopic (exact) mass is 560 g/mol. The quantitative estimate of drug-likeness (QED) is 0.243. The van der Waals surface area contributed by atoms with Crippen LogP contribution in [0, 0.1) is 11.8 Å². The number of hydrogen-bond donors (Lipinski definition) is 5. The lowest BCUT2D eigenvalue weighted by Crippen LogP contribution is -2.48. The molecular weight excluding hydrogens is 516 g/mol. The van der Waals surface area contributed by atoms with E-state index in [1.807, 2.05) is 12.1 Å². The number of methoxy groups -OCH3 is 2. The van der Waals surface area contributed by atoms with Crippen LogP contribution in [0.15, 0.2) is 30.3 Å². The van der Waals surface area contributed by atoms with Gasteiger partial charge in [-0.15, -0.1) is 0 Å². The molecule has 0 aromatic heterocycles. The van der Waals surface area contributed by atoms with E-state index in [1.54, 1.807) is 18.2 Å². The zero-order valence-electron chi connectivity index (χ0n) is 23.5. The van der Waals surface area contributed by atoms with Crippen molar-refractivity contribution in [3.8, 4) is 28.7 Å². The molecule has 9 heteroatoms.